The summed E-state index contributed by atoms with van der Waals surface area (Å²) in [5, 5.41) is 36.1. The van der Waals surface area contributed by atoms with Gasteiger partial charge in [0.05, 0.1) is 58.6 Å². The first-order valence-electron chi connectivity index (χ1n) is 18.1. The van der Waals surface area contributed by atoms with Crippen LogP contribution in [0.25, 0.3) is 0 Å². The van der Waals surface area contributed by atoms with E-state index >= 15 is 0 Å². The molecule has 5 bridgehead atoms. The van der Waals surface area contributed by atoms with Crippen LogP contribution in [0, 0.1) is 36.4 Å². The maximum Gasteiger partial charge on any atom is 0.343 e. The van der Waals surface area contributed by atoms with Crippen LogP contribution in [0.15, 0.2) is 72.2 Å². The number of ether oxygens (including phenoxy) is 4. The first-order valence-corrected chi connectivity index (χ1v) is 18.1. The number of Topliss-reactive ketones (excluding diaryl/α,β-unsaturated/α-hetero) is 2. The fourth-order valence-corrected chi connectivity index (χ4v) is 7.08. The Morgan fingerprint density at radius 1 is 0.875 bits per heavy atom. The normalized spacial score (nSPS) is 32.0. The summed E-state index contributed by atoms with van der Waals surface area (Å²) in [5.74, 6) is -10.4. The van der Waals surface area contributed by atoms with Crippen molar-refractivity contribution in [2.45, 2.75) is 78.7 Å². The van der Waals surface area contributed by atoms with Crippen LogP contribution in [0.4, 0.5) is 4.39 Å². The van der Waals surface area contributed by atoms with Gasteiger partial charge in [0.2, 0.25) is 5.78 Å². The van der Waals surface area contributed by atoms with Crippen LogP contribution in [0.1, 0.15) is 88.5 Å². The zero-order valence-electron chi connectivity index (χ0n) is 32.3. The summed E-state index contributed by atoms with van der Waals surface area (Å²) in [7, 11) is 1.40. The van der Waals surface area contributed by atoms with Gasteiger partial charge < -0.3 is 39.6 Å². The molecule has 6 rings (SSSR count). The number of esters is 1. The second-order valence-corrected chi connectivity index (χ2v) is 14.7. The number of aliphatic hydroxyl groups is 3. The van der Waals surface area contributed by atoms with Gasteiger partial charge in [-0.1, -0.05) is 45.9 Å². The summed E-state index contributed by atoms with van der Waals surface area (Å²) in [4.78, 5) is 69.0. The van der Waals surface area contributed by atoms with Crippen LogP contribution in [-0.4, -0.2) is 81.9 Å². The number of rotatable bonds is 3. The van der Waals surface area contributed by atoms with Gasteiger partial charge in [-0.05, 0) is 44.2 Å². The van der Waals surface area contributed by atoms with Gasteiger partial charge in [0.1, 0.15) is 17.3 Å². The minimum Gasteiger partial charge on any atom is -0.454 e. The molecule has 0 saturated heterocycles. The number of aliphatic hydroxyl groups excluding tert-OH is 3. The van der Waals surface area contributed by atoms with E-state index in [2.05, 4.69) is 5.32 Å². The van der Waals surface area contributed by atoms with Gasteiger partial charge in [-0.25, -0.2) is 9.18 Å². The van der Waals surface area contributed by atoms with E-state index < -0.39 is 111 Å². The third kappa shape index (κ3) is 7.87. The summed E-state index contributed by atoms with van der Waals surface area (Å²) < 4.78 is 36.9. The van der Waals surface area contributed by atoms with Crippen molar-refractivity contribution in [2.75, 3.05) is 7.11 Å². The number of amides is 1. The highest BCUT2D eigenvalue weighted by Gasteiger charge is 2.52. The minimum absolute atomic E-state index is 0.0241. The van der Waals surface area contributed by atoms with E-state index in [0.717, 1.165) is 36.6 Å². The fourth-order valence-electron chi connectivity index (χ4n) is 7.08. The van der Waals surface area contributed by atoms with Crippen LogP contribution in [0.2, 0.25) is 0 Å². The Kier molecular flexibility index (Phi) is 12.3. The van der Waals surface area contributed by atoms with Crippen LogP contribution < -0.4 is 14.8 Å². The van der Waals surface area contributed by atoms with Gasteiger partial charge in [0.15, 0.2) is 5.78 Å². The van der Waals surface area contributed by atoms with Crippen molar-refractivity contribution in [1.82, 2.24) is 5.32 Å². The van der Waals surface area contributed by atoms with E-state index in [0.29, 0.717) is 0 Å². The lowest BCUT2D eigenvalue weighted by atomic mass is 9.78. The zero-order valence-corrected chi connectivity index (χ0v) is 32.3. The average molecular weight is 776 g/mol. The van der Waals surface area contributed by atoms with Crippen LogP contribution in [0.5, 0.6) is 11.5 Å². The Bertz CT molecular complexity index is 2070. The molecule has 0 unspecified atom stereocenters. The monoisotopic (exact) mass is 775 g/mol. The smallest absolute Gasteiger partial charge is 0.343 e. The Morgan fingerprint density at radius 2 is 1.50 bits per heavy atom. The summed E-state index contributed by atoms with van der Waals surface area (Å²) in [6.07, 6.45) is 3.88. The molecule has 0 saturated carbocycles. The lowest BCUT2D eigenvalue weighted by Crippen LogP contribution is -2.44. The second-order valence-electron chi connectivity index (χ2n) is 14.7. The van der Waals surface area contributed by atoms with Crippen molar-refractivity contribution in [3.8, 4) is 11.5 Å². The van der Waals surface area contributed by atoms with Gasteiger partial charge in [0.25, 0.3) is 11.7 Å². The van der Waals surface area contributed by atoms with Crippen molar-refractivity contribution >= 4 is 29.2 Å². The predicted molar refractivity (Wildman–Crippen MR) is 199 cm³/mol. The highest BCUT2D eigenvalue weighted by molar-refractivity contribution is 6.31. The summed E-state index contributed by atoms with van der Waals surface area (Å²) in [6.45, 7) is 10.9. The molecule has 2 aromatic carbocycles. The quantitative estimate of drug-likeness (QED) is 0.248. The number of nitrogens with one attached hydrogen (secondary N) is 1. The van der Waals surface area contributed by atoms with Gasteiger partial charge in [-0.2, -0.15) is 0 Å². The average Bonchev–Trinajstić information content (AvgIpc) is 3.43. The number of fused-ring (bicyclic) bond motifs is 14. The van der Waals surface area contributed by atoms with Crippen LogP contribution >= 0.6 is 0 Å². The Morgan fingerprint density at radius 3 is 2.14 bits per heavy atom. The topological polar surface area (TPSA) is 195 Å². The minimum atomic E-state index is -2.12. The molecule has 2 aromatic rings. The number of carbonyl (C=O) groups excluding carboxylic acids is 5. The number of halogens is 1. The second kappa shape index (κ2) is 16.4. The molecule has 14 heteroatoms. The van der Waals surface area contributed by atoms with Gasteiger partial charge in [-0.3, -0.25) is 19.2 Å². The SMILES string of the molecule is CO[C@H]1/C=C/O[C@@]2(C)Oc3c(C)c(OC(=O)c4ccc(F)cc4)c4c(c3C2=O)C(=O)C=C(NC(=O)/C(C)=C\C=C\[C@H](C)[C@H](O)[C@@H](C)[C@@H](O)[C@@H](C)[C@H](O)[C@@H]1C)C4=O. The molecule has 13 nitrogen and oxygen atoms in total. The molecule has 4 N–H and O–H groups in total. The molecule has 0 spiro atoms. The number of ketones is 3. The molecule has 56 heavy (non-hydrogen) atoms. The molecule has 1 amide bonds. The van der Waals surface area contributed by atoms with Gasteiger partial charge >= 0.3 is 11.8 Å². The van der Waals surface area contributed by atoms with E-state index in [-0.39, 0.29) is 28.0 Å². The number of allylic oxidation sites excluding steroid dienone is 4. The van der Waals surface area contributed by atoms with E-state index in [1.54, 1.807) is 33.8 Å². The standard InChI is InChI=1S/C42H46FNO12/c1-19-10-9-11-20(2)40(51)44-27-18-28(45)30-31(36(27)49)37(55-41(52)25-12-14-26(43)15-13-25)24(6)38-32(30)39(50)42(7,56-38)54-17-16-29(53-8)21(3)34(47)23(5)35(48)22(4)33(19)46/h9-19,21-23,29,33-35,46-48H,1-8H3,(H,44,51)/b10-9+,17-16+,20-11-/t19-,21+,22+,23-,29-,33-,34+,35+,42-/m0/s1. The number of hydrogen-bond acceptors (Lipinski definition) is 12. The van der Waals surface area contributed by atoms with Gasteiger partial charge in [-0.15, -0.1) is 0 Å². The number of methoxy groups -OCH3 is 1. The van der Waals surface area contributed by atoms with Crippen molar-refractivity contribution in [2.24, 2.45) is 23.7 Å². The lowest BCUT2D eigenvalue weighted by Gasteiger charge is -2.36. The first kappa shape index (κ1) is 41.9. The molecule has 3 heterocycles. The molecule has 9 atom stereocenters. The zero-order chi connectivity index (χ0) is 41.4. The molecule has 1 aliphatic carbocycles. The molecule has 0 radical (unpaired) electrons. The first-order chi connectivity index (χ1) is 26.3. The van der Waals surface area contributed by atoms with Crippen molar-refractivity contribution in [1.29, 1.82) is 0 Å². The fraction of sp³-hybridized carbons (Fsp3) is 0.405. The molecule has 3 aliphatic heterocycles. The molecule has 0 fully saturated rings. The van der Waals surface area contributed by atoms with Gasteiger partial charge in [0, 0.05) is 54.9 Å². The van der Waals surface area contributed by atoms with Crippen molar-refractivity contribution in [3.05, 3.63) is 106 Å². The molecule has 0 aromatic heterocycles. The lowest BCUT2D eigenvalue weighted by molar-refractivity contribution is -0.116. The van der Waals surface area contributed by atoms with Crippen molar-refractivity contribution in [3.63, 3.8) is 0 Å². The Hall–Kier alpha value is -5.28. The third-order valence-corrected chi connectivity index (χ3v) is 10.8. The summed E-state index contributed by atoms with van der Waals surface area (Å²) >= 11 is 0. The highest BCUT2D eigenvalue weighted by Crippen LogP contribution is 2.48. The maximum atomic E-state index is 14.2. The maximum absolute atomic E-state index is 14.2. The molecule has 298 valence electrons. The Labute approximate surface area is 323 Å². The van der Waals surface area contributed by atoms with Crippen LogP contribution in [0.3, 0.4) is 0 Å². The molecular weight excluding hydrogens is 729 g/mol. The van der Waals surface area contributed by atoms with Crippen molar-refractivity contribution < 1.29 is 62.6 Å². The molecule has 4 aliphatic rings. The number of benzene rings is 2. The van der Waals surface area contributed by atoms with E-state index in [9.17, 15) is 43.7 Å². The van der Waals surface area contributed by atoms with E-state index in [1.165, 1.54) is 46.1 Å². The van der Waals surface area contributed by atoms with E-state index in [1.807, 2.05) is 0 Å². The largest absolute Gasteiger partial charge is 0.454 e. The number of hydrogen-bond donors (Lipinski definition) is 4. The third-order valence-electron chi connectivity index (χ3n) is 10.8. The number of carbonyl (C=O) groups is 5. The highest BCUT2D eigenvalue weighted by atomic mass is 19.1. The summed E-state index contributed by atoms with van der Waals surface area (Å²) in [5.41, 5.74) is -1.72. The molecular formula is C42H46FNO12. The Balaban J connectivity index is 1.64. The van der Waals surface area contributed by atoms with Crippen LogP contribution in [-0.2, 0) is 14.3 Å². The summed E-state index contributed by atoms with van der Waals surface area (Å²) in [6, 6.07) is 4.39. The predicted octanol–water partition coefficient (Wildman–Crippen LogP) is 4.71. The van der Waals surface area contributed by atoms with E-state index in [4.69, 9.17) is 18.9 Å².